The van der Waals surface area contributed by atoms with Gasteiger partial charge in [-0.1, -0.05) is 44.0 Å². The Balaban J connectivity index is 2.17. The summed E-state index contributed by atoms with van der Waals surface area (Å²) in [7, 11) is 1.58. The third-order valence-corrected chi connectivity index (χ3v) is 3.92. The molecule has 0 aliphatic heterocycles. The third-order valence-electron chi connectivity index (χ3n) is 2.78. The fourth-order valence-corrected chi connectivity index (χ4v) is 2.39. The summed E-state index contributed by atoms with van der Waals surface area (Å²) in [4.78, 5) is 0. The van der Waals surface area contributed by atoms with E-state index in [-0.39, 0.29) is 12.4 Å². The van der Waals surface area contributed by atoms with Gasteiger partial charge < -0.3 is 9.47 Å². The molecule has 0 spiro atoms. The molecule has 0 radical (unpaired) electrons. The van der Waals surface area contributed by atoms with Crippen molar-refractivity contribution < 1.29 is 13.9 Å². The monoisotopic (exact) mass is 402 g/mol. The lowest BCUT2D eigenvalue weighted by atomic mass is 10.2. The van der Waals surface area contributed by atoms with Gasteiger partial charge in [0.1, 0.15) is 12.4 Å². The van der Waals surface area contributed by atoms with Crippen LogP contribution in [0.2, 0.25) is 0 Å². The molecule has 0 fully saturated rings. The Morgan fingerprint density at radius 2 is 1.90 bits per heavy atom. The molecule has 0 atom stereocenters. The first-order valence-corrected chi connectivity index (χ1v) is 7.85. The SMILES string of the molecule is COc1ccc(CBr)cc1OCc1ccc(Br)cc1F. The van der Waals surface area contributed by atoms with Crippen molar-refractivity contribution >= 4 is 31.9 Å². The van der Waals surface area contributed by atoms with E-state index in [1.165, 1.54) is 6.07 Å². The normalized spacial score (nSPS) is 10.4. The first-order valence-electron chi connectivity index (χ1n) is 5.93. The fourth-order valence-electron chi connectivity index (χ4n) is 1.71. The molecule has 2 aromatic rings. The Morgan fingerprint density at radius 3 is 2.55 bits per heavy atom. The number of hydrogen-bond donors (Lipinski definition) is 0. The van der Waals surface area contributed by atoms with Gasteiger partial charge >= 0.3 is 0 Å². The first kappa shape index (κ1) is 15.3. The van der Waals surface area contributed by atoms with Gasteiger partial charge in [0.15, 0.2) is 11.5 Å². The van der Waals surface area contributed by atoms with Crippen LogP contribution in [0.5, 0.6) is 11.5 Å². The molecule has 2 aromatic carbocycles. The van der Waals surface area contributed by atoms with Crippen molar-refractivity contribution in [1.29, 1.82) is 0 Å². The number of methoxy groups -OCH3 is 1. The molecule has 0 aromatic heterocycles. The summed E-state index contributed by atoms with van der Waals surface area (Å²) in [5.41, 5.74) is 1.57. The van der Waals surface area contributed by atoms with Crippen molar-refractivity contribution in [2.75, 3.05) is 7.11 Å². The van der Waals surface area contributed by atoms with E-state index >= 15 is 0 Å². The van der Waals surface area contributed by atoms with Crippen LogP contribution in [-0.2, 0) is 11.9 Å². The number of halogens is 3. The Kier molecular flexibility index (Phi) is 5.43. The van der Waals surface area contributed by atoms with Gasteiger partial charge in [0.25, 0.3) is 0 Å². The molecule has 2 rings (SSSR count). The number of ether oxygens (including phenoxy) is 2. The van der Waals surface area contributed by atoms with Crippen LogP contribution >= 0.6 is 31.9 Å². The van der Waals surface area contributed by atoms with Gasteiger partial charge in [-0.15, -0.1) is 0 Å². The van der Waals surface area contributed by atoms with Crippen LogP contribution in [0.15, 0.2) is 40.9 Å². The molecule has 5 heteroatoms. The van der Waals surface area contributed by atoms with Crippen molar-refractivity contribution in [1.82, 2.24) is 0 Å². The minimum Gasteiger partial charge on any atom is -0.493 e. The largest absolute Gasteiger partial charge is 0.493 e. The van der Waals surface area contributed by atoms with Crippen molar-refractivity contribution in [2.24, 2.45) is 0 Å². The van der Waals surface area contributed by atoms with Crippen LogP contribution in [0.3, 0.4) is 0 Å². The molecule has 0 bridgehead atoms. The molecule has 0 unspecified atom stereocenters. The topological polar surface area (TPSA) is 18.5 Å². The second kappa shape index (κ2) is 7.09. The molecule has 20 heavy (non-hydrogen) atoms. The van der Waals surface area contributed by atoms with Gasteiger partial charge in [-0.2, -0.15) is 0 Å². The second-order valence-corrected chi connectivity index (χ2v) is 5.62. The molecule has 0 saturated heterocycles. The zero-order chi connectivity index (χ0) is 14.5. The van der Waals surface area contributed by atoms with Gasteiger partial charge in [0.2, 0.25) is 0 Å². The van der Waals surface area contributed by atoms with E-state index in [1.54, 1.807) is 19.2 Å². The Labute approximate surface area is 134 Å². The highest BCUT2D eigenvalue weighted by molar-refractivity contribution is 9.10. The fraction of sp³-hybridized carbons (Fsp3) is 0.200. The van der Waals surface area contributed by atoms with E-state index in [4.69, 9.17) is 9.47 Å². The summed E-state index contributed by atoms with van der Waals surface area (Å²) < 4.78 is 25.4. The van der Waals surface area contributed by atoms with E-state index in [0.29, 0.717) is 21.5 Å². The van der Waals surface area contributed by atoms with Crippen molar-refractivity contribution in [3.63, 3.8) is 0 Å². The lowest BCUT2D eigenvalue weighted by Crippen LogP contribution is -2.00. The third kappa shape index (κ3) is 3.73. The van der Waals surface area contributed by atoms with E-state index < -0.39 is 0 Å². The summed E-state index contributed by atoms with van der Waals surface area (Å²) in [6.45, 7) is 0.154. The zero-order valence-corrected chi connectivity index (χ0v) is 14.0. The number of hydrogen-bond acceptors (Lipinski definition) is 2. The molecule has 0 N–H and O–H groups in total. The lowest BCUT2D eigenvalue weighted by molar-refractivity contribution is 0.279. The van der Waals surface area contributed by atoms with Crippen LogP contribution in [0, 0.1) is 5.82 Å². The van der Waals surface area contributed by atoms with E-state index in [1.807, 2.05) is 18.2 Å². The number of rotatable bonds is 5. The molecule has 106 valence electrons. The summed E-state index contributed by atoms with van der Waals surface area (Å²) in [5.74, 6) is 0.939. The molecule has 0 aliphatic rings. The molecule has 0 aliphatic carbocycles. The average Bonchev–Trinajstić information content (AvgIpc) is 2.46. The maximum Gasteiger partial charge on any atom is 0.161 e. The summed E-state index contributed by atoms with van der Waals surface area (Å²) in [5, 5.41) is 0.722. The molecule has 0 heterocycles. The predicted molar refractivity (Wildman–Crippen MR) is 84.1 cm³/mol. The smallest absolute Gasteiger partial charge is 0.161 e. The van der Waals surface area contributed by atoms with Crippen molar-refractivity contribution in [3.8, 4) is 11.5 Å². The highest BCUT2D eigenvalue weighted by atomic mass is 79.9. The van der Waals surface area contributed by atoms with Crippen molar-refractivity contribution in [3.05, 3.63) is 57.8 Å². The minimum atomic E-state index is -0.296. The minimum absolute atomic E-state index is 0.154. The molecule has 0 amide bonds. The first-order chi connectivity index (χ1) is 9.63. The van der Waals surface area contributed by atoms with Gasteiger partial charge in [0, 0.05) is 15.4 Å². The van der Waals surface area contributed by atoms with Crippen molar-refractivity contribution in [2.45, 2.75) is 11.9 Å². The maximum absolute atomic E-state index is 13.7. The predicted octanol–water partition coefficient (Wildman–Crippen LogP) is 5.07. The van der Waals surface area contributed by atoms with Gasteiger partial charge in [0.05, 0.1) is 7.11 Å². The van der Waals surface area contributed by atoms with E-state index in [2.05, 4.69) is 31.9 Å². The van der Waals surface area contributed by atoms with Crippen LogP contribution in [0.4, 0.5) is 4.39 Å². The average molecular weight is 404 g/mol. The highest BCUT2D eigenvalue weighted by Gasteiger charge is 2.08. The molecular weight excluding hydrogens is 391 g/mol. The molecular formula is C15H13Br2FO2. The standard InChI is InChI=1S/C15H13Br2FO2/c1-19-14-5-2-10(8-16)6-15(14)20-9-11-3-4-12(17)7-13(11)18/h2-7H,8-9H2,1H3. The van der Waals surface area contributed by atoms with E-state index in [0.717, 1.165) is 10.9 Å². The number of benzene rings is 2. The molecule has 0 saturated carbocycles. The zero-order valence-electron chi connectivity index (χ0n) is 10.8. The second-order valence-electron chi connectivity index (χ2n) is 4.14. The number of alkyl halides is 1. The molecule has 2 nitrogen and oxygen atoms in total. The van der Waals surface area contributed by atoms with Crippen LogP contribution in [-0.4, -0.2) is 7.11 Å². The van der Waals surface area contributed by atoms with Gasteiger partial charge in [-0.25, -0.2) is 4.39 Å². The van der Waals surface area contributed by atoms with Gasteiger partial charge in [-0.3, -0.25) is 0 Å². The summed E-state index contributed by atoms with van der Waals surface area (Å²) in [6.07, 6.45) is 0. The summed E-state index contributed by atoms with van der Waals surface area (Å²) in [6, 6.07) is 10.6. The highest BCUT2D eigenvalue weighted by Crippen LogP contribution is 2.30. The quantitative estimate of drug-likeness (QED) is 0.648. The van der Waals surface area contributed by atoms with Crippen LogP contribution in [0.1, 0.15) is 11.1 Å². The van der Waals surface area contributed by atoms with Crippen LogP contribution < -0.4 is 9.47 Å². The Morgan fingerprint density at radius 1 is 1.10 bits per heavy atom. The van der Waals surface area contributed by atoms with Crippen LogP contribution in [0.25, 0.3) is 0 Å². The summed E-state index contributed by atoms with van der Waals surface area (Å²) >= 11 is 6.62. The maximum atomic E-state index is 13.7. The van der Waals surface area contributed by atoms with Gasteiger partial charge in [-0.05, 0) is 29.8 Å². The Hall–Kier alpha value is -1.07. The lowest BCUT2D eigenvalue weighted by Gasteiger charge is -2.12. The van der Waals surface area contributed by atoms with E-state index in [9.17, 15) is 4.39 Å². The Bertz CT molecular complexity index is 602.